The van der Waals surface area contributed by atoms with Crippen molar-refractivity contribution in [3.8, 4) is 0 Å². The predicted octanol–water partition coefficient (Wildman–Crippen LogP) is 2.75. The average Bonchev–Trinajstić information content (AvgIpc) is 2.52. The van der Waals surface area contributed by atoms with Crippen LogP contribution in [-0.4, -0.2) is 26.5 Å². The van der Waals surface area contributed by atoms with Crippen molar-refractivity contribution < 1.29 is 9.53 Å². The molecule has 1 rings (SSSR count). The van der Waals surface area contributed by atoms with Gasteiger partial charge in [-0.3, -0.25) is 4.79 Å². The fourth-order valence-electron chi connectivity index (χ4n) is 0.868. The number of esters is 1. The largest absolute Gasteiger partial charge is 0.459 e. The summed E-state index contributed by atoms with van der Waals surface area (Å²) in [7, 11) is 0. The first-order chi connectivity index (χ1) is 7.21. The van der Waals surface area contributed by atoms with E-state index in [1.54, 1.807) is 5.51 Å². The van der Waals surface area contributed by atoms with Crippen LogP contribution in [0.15, 0.2) is 9.85 Å². The Morgan fingerprint density at radius 2 is 2.00 bits per heavy atom. The smallest absolute Gasteiger partial charge is 0.322 e. The molecule has 0 fully saturated rings. The Balaban J connectivity index is 2.66. The molecule has 0 spiro atoms. The van der Waals surface area contributed by atoms with E-state index in [-0.39, 0.29) is 5.97 Å². The van der Waals surface area contributed by atoms with Crippen molar-refractivity contribution in [2.75, 3.05) is 0 Å². The van der Waals surface area contributed by atoms with Gasteiger partial charge in [0.05, 0.1) is 0 Å². The fourth-order valence-corrected chi connectivity index (χ4v) is 2.74. The fraction of sp³-hybridized carbons (Fsp3) is 0.700. The van der Waals surface area contributed by atoms with Crippen LogP contribution in [0.5, 0.6) is 0 Å². The number of hydrogen-bond acceptors (Lipinski definition) is 6. The minimum atomic E-state index is -0.646. The van der Waals surface area contributed by atoms with Crippen LogP contribution in [0.25, 0.3) is 0 Å². The van der Waals surface area contributed by atoms with Gasteiger partial charge in [-0.1, -0.05) is 23.1 Å². The zero-order chi connectivity index (χ0) is 12.4. The number of carbonyl (C=O) groups is 1. The number of hydrogen-bond donors (Lipinski definition) is 0. The summed E-state index contributed by atoms with van der Waals surface area (Å²) in [4.78, 5) is 11.9. The van der Waals surface area contributed by atoms with Crippen molar-refractivity contribution in [2.24, 2.45) is 0 Å². The van der Waals surface area contributed by atoms with Crippen LogP contribution < -0.4 is 0 Å². The lowest BCUT2D eigenvalue weighted by Crippen LogP contribution is -2.36. The number of nitrogens with zero attached hydrogens (tertiary/aromatic N) is 2. The second-order valence-electron chi connectivity index (χ2n) is 4.82. The number of ether oxygens (including phenoxy) is 1. The third-order valence-corrected chi connectivity index (χ3v) is 3.53. The van der Waals surface area contributed by atoms with Gasteiger partial charge in [-0.05, 0) is 34.6 Å². The van der Waals surface area contributed by atoms with Gasteiger partial charge in [0.25, 0.3) is 0 Å². The molecule has 1 aromatic rings. The molecular weight excluding hydrogens is 244 g/mol. The minimum absolute atomic E-state index is 0.236. The summed E-state index contributed by atoms with van der Waals surface area (Å²) in [6.07, 6.45) is 0. The Morgan fingerprint density at radius 1 is 1.38 bits per heavy atom. The van der Waals surface area contributed by atoms with Crippen LogP contribution in [0.2, 0.25) is 0 Å². The standard InChI is InChI=1S/C10H16N2O2S2/c1-9(2,3)14-7(13)10(4,5)16-8-12-11-6-15-8/h6H,1-5H3. The Bertz CT molecular complexity index is 355. The Morgan fingerprint density at radius 3 is 2.44 bits per heavy atom. The highest BCUT2D eigenvalue weighted by molar-refractivity contribution is 8.02. The molecule has 1 aromatic heterocycles. The van der Waals surface area contributed by atoms with Gasteiger partial charge in [-0.2, -0.15) is 0 Å². The summed E-state index contributed by atoms with van der Waals surface area (Å²) in [6, 6.07) is 0. The normalized spacial score (nSPS) is 12.6. The van der Waals surface area contributed by atoms with Crippen LogP contribution in [0, 0.1) is 0 Å². The maximum Gasteiger partial charge on any atom is 0.322 e. The molecule has 0 radical (unpaired) electrons. The first-order valence-corrected chi connectivity index (χ1v) is 6.59. The third kappa shape index (κ3) is 4.09. The van der Waals surface area contributed by atoms with Crippen molar-refractivity contribution in [2.45, 2.75) is 49.3 Å². The number of aromatic nitrogens is 2. The van der Waals surface area contributed by atoms with Crippen LogP contribution >= 0.6 is 23.1 Å². The molecule has 0 bridgehead atoms. The first kappa shape index (κ1) is 13.4. The van der Waals surface area contributed by atoms with Crippen molar-refractivity contribution in [1.82, 2.24) is 10.2 Å². The molecular formula is C10H16N2O2S2. The summed E-state index contributed by atoms with van der Waals surface area (Å²) in [5.74, 6) is -0.236. The lowest BCUT2D eigenvalue weighted by Gasteiger charge is -2.27. The van der Waals surface area contributed by atoms with Gasteiger partial charge < -0.3 is 4.74 Å². The quantitative estimate of drug-likeness (QED) is 0.618. The van der Waals surface area contributed by atoms with E-state index in [0.717, 1.165) is 4.34 Å². The molecule has 0 N–H and O–H groups in total. The maximum absolute atomic E-state index is 11.9. The van der Waals surface area contributed by atoms with Crippen LogP contribution in [0.4, 0.5) is 0 Å². The van der Waals surface area contributed by atoms with E-state index in [9.17, 15) is 4.79 Å². The Kier molecular flexibility index (Phi) is 3.96. The van der Waals surface area contributed by atoms with Crippen LogP contribution in [0.3, 0.4) is 0 Å². The SMILES string of the molecule is CC(C)(C)OC(=O)C(C)(C)Sc1nncs1. The van der Waals surface area contributed by atoms with Crippen molar-refractivity contribution in [1.29, 1.82) is 0 Å². The minimum Gasteiger partial charge on any atom is -0.459 e. The van der Waals surface area contributed by atoms with Gasteiger partial charge in [0.15, 0.2) is 4.34 Å². The molecule has 0 saturated heterocycles. The molecule has 0 aliphatic heterocycles. The second kappa shape index (κ2) is 4.71. The van der Waals surface area contributed by atoms with Crippen molar-refractivity contribution >= 4 is 29.1 Å². The highest BCUT2D eigenvalue weighted by Crippen LogP contribution is 2.34. The summed E-state index contributed by atoms with van der Waals surface area (Å²) < 4.78 is 5.48. The lowest BCUT2D eigenvalue weighted by atomic mass is 10.1. The third-order valence-electron chi connectivity index (χ3n) is 1.57. The second-order valence-corrected chi connectivity index (χ2v) is 7.52. The molecule has 0 unspecified atom stereocenters. The van der Waals surface area contributed by atoms with Gasteiger partial charge >= 0.3 is 5.97 Å². The molecule has 0 atom stereocenters. The number of carbonyl (C=O) groups excluding carboxylic acids is 1. The van der Waals surface area contributed by atoms with Gasteiger partial charge in [-0.25, -0.2) is 0 Å². The Hall–Kier alpha value is -0.620. The molecule has 0 aliphatic rings. The van der Waals surface area contributed by atoms with Gasteiger partial charge in [-0.15, -0.1) is 10.2 Å². The zero-order valence-electron chi connectivity index (χ0n) is 10.1. The van der Waals surface area contributed by atoms with E-state index in [1.807, 2.05) is 34.6 Å². The molecule has 0 aromatic carbocycles. The molecule has 1 heterocycles. The van der Waals surface area contributed by atoms with Crippen molar-refractivity contribution in [3.05, 3.63) is 5.51 Å². The van der Waals surface area contributed by atoms with E-state index in [4.69, 9.17) is 4.74 Å². The van der Waals surface area contributed by atoms with Crippen LogP contribution in [-0.2, 0) is 9.53 Å². The van der Waals surface area contributed by atoms with E-state index < -0.39 is 10.3 Å². The molecule has 0 amide bonds. The molecule has 0 saturated carbocycles. The predicted molar refractivity (Wildman–Crippen MR) is 65.7 cm³/mol. The lowest BCUT2D eigenvalue weighted by molar-refractivity contribution is -0.156. The van der Waals surface area contributed by atoms with E-state index >= 15 is 0 Å². The first-order valence-electron chi connectivity index (χ1n) is 4.89. The topological polar surface area (TPSA) is 52.1 Å². The van der Waals surface area contributed by atoms with E-state index in [2.05, 4.69) is 10.2 Å². The molecule has 0 aliphatic carbocycles. The van der Waals surface area contributed by atoms with Crippen LogP contribution in [0.1, 0.15) is 34.6 Å². The maximum atomic E-state index is 11.9. The molecule has 16 heavy (non-hydrogen) atoms. The number of thioether (sulfide) groups is 1. The number of rotatable bonds is 3. The highest BCUT2D eigenvalue weighted by atomic mass is 32.2. The Labute approximate surface area is 104 Å². The summed E-state index contributed by atoms with van der Waals surface area (Å²) >= 11 is 2.79. The summed E-state index contributed by atoms with van der Waals surface area (Å²) in [5.41, 5.74) is 1.18. The van der Waals surface area contributed by atoms with E-state index in [1.165, 1.54) is 23.1 Å². The monoisotopic (exact) mass is 260 g/mol. The highest BCUT2D eigenvalue weighted by Gasteiger charge is 2.34. The van der Waals surface area contributed by atoms with Gasteiger partial charge in [0.2, 0.25) is 0 Å². The molecule has 6 heteroatoms. The van der Waals surface area contributed by atoms with Crippen molar-refractivity contribution in [3.63, 3.8) is 0 Å². The molecule has 90 valence electrons. The van der Waals surface area contributed by atoms with Gasteiger partial charge in [0.1, 0.15) is 15.9 Å². The average molecular weight is 260 g/mol. The molecule has 4 nitrogen and oxygen atoms in total. The van der Waals surface area contributed by atoms with Gasteiger partial charge in [0, 0.05) is 0 Å². The summed E-state index contributed by atoms with van der Waals surface area (Å²) in [6.45, 7) is 9.23. The van der Waals surface area contributed by atoms with E-state index in [0.29, 0.717) is 0 Å². The summed E-state index contributed by atoms with van der Waals surface area (Å²) in [5, 5.41) is 7.64. The zero-order valence-corrected chi connectivity index (χ0v) is 11.7.